The molecule has 0 heterocycles. The summed E-state index contributed by atoms with van der Waals surface area (Å²) in [5, 5.41) is 8.68. The van der Waals surface area contributed by atoms with E-state index in [9.17, 15) is 4.79 Å². The van der Waals surface area contributed by atoms with E-state index in [1.165, 1.54) is 18.9 Å². The topological polar surface area (TPSA) is 50.1 Å². The number of benzene rings is 1. The van der Waals surface area contributed by atoms with E-state index in [1.807, 2.05) is 13.0 Å². The molecule has 4 heteroatoms. The number of nitrogens with zero attached hydrogens (tertiary/aromatic N) is 1. The Labute approximate surface area is 93.0 Å². The Kier molecular flexibility index (Phi) is 4.19. The number of hydrogen-bond donors (Lipinski definition) is 0. The van der Waals surface area contributed by atoms with E-state index in [4.69, 9.17) is 5.26 Å². The van der Waals surface area contributed by atoms with E-state index in [0.29, 0.717) is 11.3 Å². The molecule has 0 fully saturated rings. The molecule has 0 bridgehead atoms. The summed E-state index contributed by atoms with van der Waals surface area (Å²) < 4.78 is 4.54. The molecular formula is C11H11NO2S. The molecule has 0 aliphatic carbocycles. The lowest BCUT2D eigenvalue weighted by molar-refractivity contribution is -0.137. The van der Waals surface area contributed by atoms with Crippen LogP contribution in [0.1, 0.15) is 11.1 Å². The zero-order valence-corrected chi connectivity index (χ0v) is 9.43. The first-order valence-electron chi connectivity index (χ1n) is 4.37. The van der Waals surface area contributed by atoms with Crippen LogP contribution in [0.25, 0.3) is 0 Å². The zero-order valence-electron chi connectivity index (χ0n) is 8.61. The lowest BCUT2D eigenvalue weighted by atomic mass is 10.2. The quantitative estimate of drug-likeness (QED) is 0.579. The van der Waals surface area contributed by atoms with Crippen LogP contribution in [0.2, 0.25) is 0 Å². The van der Waals surface area contributed by atoms with Crippen molar-refractivity contribution < 1.29 is 9.53 Å². The van der Waals surface area contributed by atoms with Gasteiger partial charge in [-0.25, -0.2) is 0 Å². The predicted octanol–water partition coefficient (Wildman–Crippen LogP) is 2.13. The Morgan fingerprint density at radius 1 is 1.60 bits per heavy atom. The normalized spacial score (nSPS) is 9.40. The summed E-state index contributed by atoms with van der Waals surface area (Å²) in [4.78, 5) is 11.9. The molecule has 0 N–H and O–H groups in total. The minimum atomic E-state index is -0.247. The van der Waals surface area contributed by atoms with Crippen LogP contribution in [0, 0.1) is 18.3 Å². The van der Waals surface area contributed by atoms with Gasteiger partial charge in [-0.1, -0.05) is 0 Å². The van der Waals surface area contributed by atoms with Crippen LogP contribution in [0.15, 0.2) is 23.1 Å². The molecule has 3 nitrogen and oxygen atoms in total. The van der Waals surface area contributed by atoms with Gasteiger partial charge in [-0.2, -0.15) is 5.26 Å². The van der Waals surface area contributed by atoms with Crippen molar-refractivity contribution >= 4 is 17.7 Å². The van der Waals surface area contributed by atoms with Crippen molar-refractivity contribution in [3.8, 4) is 6.07 Å². The summed E-state index contributed by atoms with van der Waals surface area (Å²) in [6, 6.07) is 7.47. The highest BCUT2D eigenvalue weighted by Gasteiger charge is 2.04. The maximum absolute atomic E-state index is 10.9. The molecule has 0 aromatic heterocycles. The number of rotatable bonds is 3. The van der Waals surface area contributed by atoms with Gasteiger partial charge in [0, 0.05) is 4.90 Å². The van der Waals surface area contributed by atoms with Gasteiger partial charge < -0.3 is 4.74 Å². The molecule has 0 amide bonds. The van der Waals surface area contributed by atoms with Crippen LogP contribution in [0.4, 0.5) is 0 Å². The van der Waals surface area contributed by atoms with Crippen molar-refractivity contribution in [2.24, 2.45) is 0 Å². The Bertz CT molecular complexity index is 410. The fourth-order valence-corrected chi connectivity index (χ4v) is 1.92. The molecule has 1 rings (SSSR count). The van der Waals surface area contributed by atoms with Gasteiger partial charge in [-0.3, -0.25) is 4.79 Å². The number of aryl methyl sites for hydroxylation is 1. The van der Waals surface area contributed by atoms with Crippen LogP contribution < -0.4 is 0 Å². The number of thioether (sulfide) groups is 1. The number of ether oxygens (including phenoxy) is 1. The molecule has 0 unspecified atom stereocenters. The number of carbonyl (C=O) groups is 1. The number of nitriles is 1. The highest BCUT2D eigenvalue weighted by atomic mass is 32.2. The monoisotopic (exact) mass is 221 g/mol. The SMILES string of the molecule is COC(=O)CSc1ccc(C#N)cc1C. The van der Waals surface area contributed by atoms with Crippen molar-refractivity contribution in [1.82, 2.24) is 0 Å². The fourth-order valence-electron chi connectivity index (χ4n) is 1.08. The Hall–Kier alpha value is -1.47. The van der Waals surface area contributed by atoms with Crippen molar-refractivity contribution in [2.75, 3.05) is 12.9 Å². The number of methoxy groups -OCH3 is 1. The maximum atomic E-state index is 10.9. The van der Waals surface area contributed by atoms with Crippen LogP contribution in [-0.4, -0.2) is 18.8 Å². The Morgan fingerprint density at radius 3 is 2.87 bits per heavy atom. The third kappa shape index (κ3) is 3.30. The molecule has 0 saturated carbocycles. The Morgan fingerprint density at radius 2 is 2.33 bits per heavy atom. The summed E-state index contributed by atoms with van der Waals surface area (Å²) in [6.07, 6.45) is 0. The molecular weight excluding hydrogens is 210 g/mol. The number of carbonyl (C=O) groups excluding carboxylic acids is 1. The minimum absolute atomic E-state index is 0.247. The molecule has 0 spiro atoms. The lowest BCUT2D eigenvalue weighted by Gasteiger charge is -2.04. The molecule has 0 aliphatic heterocycles. The smallest absolute Gasteiger partial charge is 0.315 e. The molecule has 0 saturated heterocycles. The third-order valence-corrected chi connectivity index (χ3v) is 3.03. The minimum Gasteiger partial charge on any atom is -0.468 e. The van der Waals surface area contributed by atoms with Crippen LogP contribution in [0.3, 0.4) is 0 Å². The van der Waals surface area contributed by atoms with E-state index in [2.05, 4.69) is 10.8 Å². The summed E-state index contributed by atoms with van der Waals surface area (Å²) in [5.74, 6) is 0.0484. The second kappa shape index (κ2) is 5.42. The molecule has 1 aromatic rings. The fraction of sp³-hybridized carbons (Fsp3) is 0.273. The average molecular weight is 221 g/mol. The molecule has 0 aliphatic rings. The summed E-state index contributed by atoms with van der Waals surface area (Å²) >= 11 is 1.41. The van der Waals surface area contributed by atoms with Gasteiger partial charge in [0.15, 0.2) is 0 Å². The first-order chi connectivity index (χ1) is 7.17. The van der Waals surface area contributed by atoms with Crippen LogP contribution >= 0.6 is 11.8 Å². The molecule has 0 radical (unpaired) electrons. The van der Waals surface area contributed by atoms with Gasteiger partial charge in [-0.15, -0.1) is 11.8 Å². The van der Waals surface area contributed by atoms with Crippen molar-refractivity contribution in [3.63, 3.8) is 0 Å². The van der Waals surface area contributed by atoms with Crippen molar-refractivity contribution in [3.05, 3.63) is 29.3 Å². The Balaban J connectivity index is 2.71. The van der Waals surface area contributed by atoms with Gasteiger partial charge >= 0.3 is 5.97 Å². The van der Waals surface area contributed by atoms with Gasteiger partial charge in [0.1, 0.15) is 0 Å². The van der Waals surface area contributed by atoms with E-state index < -0.39 is 0 Å². The summed E-state index contributed by atoms with van der Waals surface area (Å²) in [5.41, 5.74) is 1.64. The zero-order chi connectivity index (χ0) is 11.3. The van der Waals surface area contributed by atoms with Crippen molar-refractivity contribution in [1.29, 1.82) is 5.26 Å². The van der Waals surface area contributed by atoms with Crippen LogP contribution in [-0.2, 0) is 9.53 Å². The standard InChI is InChI=1S/C11H11NO2S/c1-8-5-9(6-12)3-4-10(8)15-7-11(13)14-2/h3-5H,7H2,1-2H3. The highest BCUT2D eigenvalue weighted by molar-refractivity contribution is 8.00. The highest BCUT2D eigenvalue weighted by Crippen LogP contribution is 2.23. The largest absolute Gasteiger partial charge is 0.468 e. The summed E-state index contributed by atoms with van der Waals surface area (Å²) in [6.45, 7) is 1.92. The van der Waals surface area contributed by atoms with Gasteiger partial charge in [0.05, 0.1) is 24.5 Å². The van der Waals surface area contributed by atoms with Gasteiger partial charge in [0.2, 0.25) is 0 Å². The average Bonchev–Trinajstić information content (AvgIpc) is 2.26. The molecule has 78 valence electrons. The third-order valence-electron chi connectivity index (χ3n) is 1.88. The predicted molar refractivity (Wildman–Crippen MR) is 58.6 cm³/mol. The molecule has 0 atom stereocenters. The van der Waals surface area contributed by atoms with E-state index in [1.54, 1.807) is 12.1 Å². The number of esters is 1. The van der Waals surface area contributed by atoms with E-state index >= 15 is 0 Å². The van der Waals surface area contributed by atoms with E-state index in [0.717, 1.165) is 10.5 Å². The molecule has 1 aromatic carbocycles. The second-order valence-corrected chi connectivity index (χ2v) is 3.97. The van der Waals surface area contributed by atoms with E-state index in [-0.39, 0.29) is 5.97 Å². The first kappa shape index (κ1) is 11.6. The van der Waals surface area contributed by atoms with Gasteiger partial charge in [0.25, 0.3) is 0 Å². The second-order valence-electron chi connectivity index (χ2n) is 2.96. The van der Waals surface area contributed by atoms with Crippen molar-refractivity contribution in [2.45, 2.75) is 11.8 Å². The summed E-state index contributed by atoms with van der Waals surface area (Å²) in [7, 11) is 1.37. The molecule has 15 heavy (non-hydrogen) atoms. The van der Waals surface area contributed by atoms with Crippen LogP contribution in [0.5, 0.6) is 0 Å². The first-order valence-corrected chi connectivity index (χ1v) is 5.36. The maximum Gasteiger partial charge on any atom is 0.315 e. The lowest BCUT2D eigenvalue weighted by Crippen LogP contribution is -2.03. The number of hydrogen-bond acceptors (Lipinski definition) is 4. The van der Waals surface area contributed by atoms with Gasteiger partial charge in [-0.05, 0) is 30.7 Å².